The lowest BCUT2D eigenvalue weighted by Gasteiger charge is -2.34. The van der Waals surface area contributed by atoms with Crippen molar-refractivity contribution in [1.82, 2.24) is 4.90 Å². The number of rotatable bonds is 6. The second kappa shape index (κ2) is 11.0. The minimum Gasteiger partial charge on any atom is -0.508 e. The topological polar surface area (TPSA) is 93.5 Å². The Morgan fingerprint density at radius 3 is 2.23 bits per heavy atom. The van der Waals surface area contributed by atoms with Gasteiger partial charge in [-0.1, -0.05) is 23.7 Å². The number of hydrogen-bond acceptors (Lipinski definition) is 7. The predicted molar refractivity (Wildman–Crippen MR) is 152 cm³/mol. The van der Waals surface area contributed by atoms with E-state index in [-0.39, 0.29) is 17.1 Å². The molecule has 0 aliphatic carbocycles. The molecule has 3 aromatic carbocycles. The first-order valence-corrected chi connectivity index (χ1v) is 13.2. The van der Waals surface area contributed by atoms with Crippen molar-refractivity contribution >= 4 is 40.4 Å². The molecule has 2 saturated heterocycles. The third-order valence-electron chi connectivity index (χ3n) is 7.15. The maximum absolute atomic E-state index is 13.5. The number of amides is 1. The molecule has 1 unspecified atom stereocenters. The molecule has 0 aromatic heterocycles. The number of anilines is 2. The quantitative estimate of drug-likeness (QED) is 0.259. The van der Waals surface area contributed by atoms with E-state index in [1.54, 1.807) is 30.3 Å². The van der Waals surface area contributed by atoms with Gasteiger partial charge in [0, 0.05) is 43.1 Å². The number of likely N-dealkylation sites (N-methyl/N-ethyl adjacent to an activating group) is 1. The average Bonchev–Trinajstić information content (AvgIpc) is 3.20. The van der Waals surface area contributed by atoms with Crippen molar-refractivity contribution in [3.63, 3.8) is 0 Å². The first-order valence-electron chi connectivity index (χ1n) is 12.8. The SMILES string of the molecule is CCOc1cc(/C(O)=C2/C(=O)C(=O)N(c3ccc(N4CCN(C)CC4)cc3)C2c2ccc(O)cc2)ccc1Cl. The number of benzene rings is 3. The van der Waals surface area contributed by atoms with E-state index in [0.717, 1.165) is 31.9 Å². The zero-order valence-corrected chi connectivity index (χ0v) is 22.6. The van der Waals surface area contributed by atoms with Crippen molar-refractivity contribution in [2.75, 3.05) is 49.6 Å². The van der Waals surface area contributed by atoms with Gasteiger partial charge >= 0.3 is 0 Å². The highest BCUT2D eigenvalue weighted by Gasteiger charge is 2.47. The standard InChI is InChI=1S/C30H30ClN3O5/c1-3-39-25-18-20(6-13-24(25)31)28(36)26-27(19-4-11-23(35)12-5-19)34(30(38)29(26)37)22-9-7-21(8-10-22)33-16-14-32(2)15-17-33/h4-13,18,27,35-36H,3,14-17H2,1-2H3/b28-26-. The molecule has 2 aliphatic rings. The highest BCUT2D eigenvalue weighted by atomic mass is 35.5. The van der Waals surface area contributed by atoms with E-state index in [4.69, 9.17) is 16.3 Å². The largest absolute Gasteiger partial charge is 0.508 e. The third-order valence-corrected chi connectivity index (χ3v) is 7.47. The van der Waals surface area contributed by atoms with E-state index in [2.05, 4.69) is 16.8 Å². The van der Waals surface area contributed by atoms with Crippen molar-refractivity contribution in [3.8, 4) is 11.5 Å². The number of halogens is 1. The molecule has 2 aliphatic heterocycles. The second-order valence-corrected chi connectivity index (χ2v) is 10.1. The molecule has 5 rings (SSSR count). The van der Waals surface area contributed by atoms with Crippen LogP contribution < -0.4 is 14.5 Å². The van der Waals surface area contributed by atoms with Crippen molar-refractivity contribution in [1.29, 1.82) is 0 Å². The summed E-state index contributed by atoms with van der Waals surface area (Å²) in [5.41, 5.74) is 2.37. The zero-order chi connectivity index (χ0) is 27.7. The summed E-state index contributed by atoms with van der Waals surface area (Å²) in [6.45, 7) is 5.91. The molecule has 2 N–H and O–H groups in total. The van der Waals surface area contributed by atoms with Gasteiger partial charge < -0.3 is 24.7 Å². The Morgan fingerprint density at radius 1 is 0.949 bits per heavy atom. The number of aliphatic hydroxyl groups excluding tert-OH is 1. The van der Waals surface area contributed by atoms with E-state index < -0.39 is 17.7 Å². The number of aliphatic hydroxyl groups is 1. The lowest BCUT2D eigenvalue weighted by molar-refractivity contribution is -0.132. The van der Waals surface area contributed by atoms with Crippen molar-refractivity contribution < 1.29 is 24.5 Å². The molecular formula is C30H30ClN3O5. The second-order valence-electron chi connectivity index (χ2n) is 9.65. The fourth-order valence-electron chi connectivity index (χ4n) is 5.03. The molecule has 0 radical (unpaired) electrons. The fourth-order valence-corrected chi connectivity index (χ4v) is 5.20. The van der Waals surface area contributed by atoms with Crippen LogP contribution in [0.4, 0.5) is 11.4 Å². The van der Waals surface area contributed by atoms with Crippen LogP contribution in [0, 0.1) is 0 Å². The number of aromatic hydroxyl groups is 1. The lowest BCUT2D eigenvalue weighted by Crippen LogP contribution is -2.44. The van der Waals surface area contributed by atoms with E-state index in [0.29, 0.717) is 34.2 Å². The van der Waals surface area contributed by atoms with Crippen LogP contribution in [0.2, 0.25) is 5.02 Å². The molecule has 3 aromatic rings. The Balaban J connectivity index is 1.58. The number of hydrogen-bond donors (Lipinski definition) is 2. The van der Waals surface area contributed by atoms with Crippen LogP contribution >= 0.6 is 11.6 Å². The van der Waals surface area contributed by atoms with Gasteiger partial charge in [0.2, 0.25) is 0 Å². The van der Waals surface area contributed by atoms with E-state index in [1.165, 1.54) is 17.0 Å². The summed E-state index contributed by atoms with van der Waals surface area (Å²) < 4.78 is 5.56. The molecule has 2 fully saturated rings. The van der Waals surface area contributed by atoms with Crippen LogP contribution in [0.3, 0.4) is 0 Å². The molecule has 1 amide bonds. The smallest absolute Gasteiger partial charge is 0.300 e. The molecular weight excluding hydrogens is 518 g/mol. The van der Waals surface area contributed by atoms with Crippen LogP contribution in [-0.2, 0) is 9.59 Å². The monoisotopic (exact) mass is 547 g/mol. The summed E-state index contributed by atoms with van der Waals surface area (Å²) in [6, 6.07) is 17.6. The van der Waals surface area contributed by atoms with Crippen molar-refractivity contribution in [2.24, 2.45) is 0 Å². The van der Waals surface area contributed by atoms with Gasteiger partial charge in [0.1, 0.15) is 17.3 Å². The minimum atomic E-state index is -0.911. The maximum Gasteiger partial charge on any atom is 0.300 e. The number of carbonyl (C=O) groups is 2. The Bertz CT molecular complexity index is 1410. The summed E-state index contributed by atoms with van der Waals surface area (Å²) in [5, 5.41) is 21.6. The molecule has 0 saturated carbocycles. The summed E-state index contributed by atoms with van der Waals surface area (Å²) in [5.74, 6) is -1.48. The Labute approximate surface area is 232 Å². The number of phenols is 1. The Kier molecular flexibility index (Phi) is 7.50. The van der Waals surface area contributed by atoms with E-state index >= 15 is 0 Å². The van der Waals surface area contributed by atoms with E-state index in [9.17, 15) is 19.8 Å². The Hall–Kier alpha value is -4.01. The lowest BCUT2D eigenvalue weighted by atomic mass is 9.95. The van der Waals surface area contributed by atoms with Gasteiger partial charge in [-0.3, -0.25) is 14.5 Å². The van der Waals surface area contributed by atoms with Crippen LogP contribution in [0.1, 0.15) is 24.1 Å². The highest BCUT2D eigenvalue weighted by molar-refractivity contribution is 6.51. The van der Waals surface area contributed by atoms with Gasteiger partial charge in [0.05, 0.1) is 23.2 Å². The van der Waals surface area contributed by atoms with Gasteiger partial charge in [-0.25, -0.2) is 0 Å². The normalized spacial score (nSPS) is 19.5. The predicted octanol–water partition coefficient (Wildman–Crippen LogP) is 4.82. The first kappa shape index (κ1) is 26.6. The summed E-state index contributed by atoms with van der Waals surface area (Å²) in [7, 11) is 2.10. The van der Waals surface area contributed by atoms with Gasteiger partial charge in [-0.15, -0.1) is 0 Å². The third kappa shape index (κ3) is 5.17. The van der Waals surface area contributed by atoms with Crippen LogP contribution in [-0.4, -0.2) is 66.6 Å². The molecule has 2 heterocycles. The molecule has 202 valence electrons. The van der Waals surface area contributed by atoms with Crippen molar-refractivity contribution in [2.45, 2.75) is 13.0 Å². The van der Waals surface area contributed by atoms with Crippen molar-refractivity contribution in [3.05, 3.63) is 88.5 Å². The number of ketones is 1. The van der Waals surface area contributed by atoms with E-state index in [1.807, 2.05) is 31.2 Å². The highest BCUT2D eigenvalue weighted by Crippen LogP contribution is 2.43. The van der Waals surface area contributed by atoms with Crippen LogP contribution in [0.25, 0.3) is 5.76 Å². The number of ether oxygens (including phenoxy) is 1. The van der Waals surface area contributed by atoms with Gasteiger partial charge in [0.15, 0.2) is 0 Å². The zero-order valence-electron chi connectivity index (χ0n) is 21.8. The first-order chi connectivity index (χ1) is 18.8. The van der Waals surface area contributed by atoms with Gasteiger partial charge in [0.25, 0.3) is 11.7 Å². The number of carbonyl (C=O) groups excluding carboxylic acids is 2. The minimum absolute atomic E-state index is 0.0475. The molecule has 8 nitrogen and oxygen atoms in total. The van der Waals surface area contributed by atoms with Crippen LogP contribution in [0.5, 0.6) is 11.5 Å². The molecule has 1 atom stereocenters. The molecule has 39 heavy (non-hydrogen) atoms. The molecule has 0 spiro atoms. The fraction of sp³-hybridized carbons (Fsp3) is 0.267. The summed E-state index contributed by atoms with van der Waals surface area (Å²) in [4.78, 5) is 32.9. The maximum atomic E-state index is 13.5. The number of piperazine rings is 1. The van der Waals surface area contributed by atoms with Gasteiger partial charge in [-0.05, 0) is 74.1 Å². The van der Waals surface area contributed by atoms with Gasteiger partial charge in [-0.2, -0.15) is 0 Å². The molecule has 9 heteroatoms. The average molecular weight is 548 g/mol. The summed E-state index contributed by atoms with van der Waals surface area (Å²) in [6.07, 6.45) is 0. The number of nitrogens with zero attached hydrogens (tertiary/aromatic N) is 3. The van der Waals surface area contributed by atoms with Crippen LogP contribution in [0.15, 0.2) is 72.3 Å². The Morgan fingerprint density at radius 2 is 1.59 bits per heavy atom. The number of phenolic OH excluding ortho intramolecular Hbond substituents is 1. The number of Topliss-reactive ketones (excluding diaryl/α,β-unsaturated/α-hetero) is 1. The summed E-state index contributed by atoms with van der Waals surface area (Å²) >= 11 is 6.23. The molecule has 0 bridgehead atoms.